The lowest BCUT2D eigenvalue weighted by Gasteiger charge is -2.45. The maximum absolute atomic E-state index is 10.5. The number of nitrogens with zero attached hydrogens (tertiary/aromatic N) is 7. The van der Waals surface area contributed by atoms with Gasteiger partial charge in [0.25, 0.3) is 6.71 Å². The fourth-order valence-corrected chi connectivity index (χ4v) is 19.9. The van der Waals surface area contributed by atoms with Crippen molar-refractivity contribution >= 4 is 166 Å². The van der Waals surface area contributed by atoms with Crippen LogP contribution < -0.4 is 26.2 Å². The molecule has 0 saturated heterocycles. The third kappa shape index (κ3) is 11.3. The summed E-state index contributed by atoms with van der Waals surface area (Å²) in [6.45, 7) is 25.3. The third-order valence-electron chi connectivity index (χ3n) is 26.0. The molecule has 17 aromatic carbocycles. The fourth-order valence-electron chi connectivity index (χ4n) is 19.9. The van der Waals surface area contributed by atoms with Gasteiger partial charge in [-0.1, -0.05) is 313 Å². The van der Waals surface area contributed by atoms with Crippen molar-refractivity contribution < 1.29 is 32.9 Å². The monoisotopic (exact) mass is 1650 g/mol. The smallest absolute Gasteiger partial charge is 0.252 e. The Balaban J connectivity index is 0.950. The molecule has 7 heterocycles. The number of benzene rings is 17. The Morgan fingerprint density at radius 2 is 0.595 bits per heavy atom. The van der Waals surface area contributed by atoms with Gasteiger partial charge in [0.05, 0.1) is 111 Å². The molecular formula is C118H96BN7. The van der Waals surface area contributed by atoms with Gasteiger partial charge in [0.2, 0.25) is 0 Å². The highest BCUT2D eigenvalue weighted by atomic mass is 15.2. The van der Waals surface area contributed by atoms with Gasteiger partial charge in [0.15, 0.2) is 0 Å². The number of aromatic nitrogens is 5. The number of hydrogen-bond acceptors (Lipinski definition) is 2. The highest BCUT2D eigenvalue weighted by Crippen LogP contribution is 2.56. The van der Waals surface area contributed by atoms with Crippen LogP contribution in [0.3, 0.4) is 0 Å². The Labute approximate surface area is 769 Å². The van der Waals surface area contributed by atoms with Crippen LogP contribution in [0.1, 0.15) is 138 Å². The van der Waals surface area contributed by atoms with E-state index in [1.807, 2.05) is 107 Å². The van der Waals surface area contributed by atoms with E-state index >= 15 is 0 Å². The lowest BCUT2D eigenvalue weighted by molar-refractivity contribution is 0.590. The van der Waals surface area contributed by atoms with E-state index in [4.69, 9.17) is 0 Å². The zero-order valence-electron chi connectivity index (χ0n) is 95.5. The molecule has 0 aliphatic carbocycles. The molecule has 0 bridgehead atoms. The average Bonchev–Trinajstić information content (AvgIpc) is 1.20. The highest BCUT2D eigenvalue weighted by Gasteiger charge is 2.47. The van der Waals surface area contributed by atoms with Crippen LogP contribution in [0.25, 0.3) is 160 Å². The van der Waals surface area contributed by atoms with E-state index in [0.717, 1.165) is 72.0 Å². The van der Waals surface area contributed by atoms with Crippen molar-refractivity contribution in [3.63, 3.8) is 0 Å². The fraction of sp³-hybridized carbons (Fsp3) is 0.136. The normalized spacial score (nSPS) is 15.9. The first-order chi connectivity index (χ1) is 71.0. The second-order valence-corrected chi connectivity index (χ2v) is 37.5. The van der Waals surface area contributed by atoms with Gasteiger partial charge in [0, 0.05) is 105 Å². The van der Waals surface area contributed by atoms with Crippen molar-refractivity contribution in [2.24, 2.45) is 0 Å². The van der Waals surface area contributed by atoms with E-state index in [9.17, 15) is 32.9 Å². The van der Waals surface area contributed by atoms with Crippen LogP contribution >= 0.6 is 0 Å². The van der Waals surface area contributed by atoms with Crippen LogP contribution in [0.5, 0.6) is 0 Å². The van der Waals surface area contributed by atoms with E-state index in [-0.39, 0.29) is 98.7 Å². The lowest BCUT2D eigenvalue weighted by Crippen LogP contribution is -2.61. The first kappa shape index (κ1) is 54.1. The summed E-state index contributed by atoms with van der Waals surface area (Å²) in [5.74, 6) is 0. The molecular weight excluding hydrogens is 1530 g/mol. The Kier molecular flexibility index (Phi) is 11.8. The van der Waals surface area contributed by atoms with Gasteiger partial charge in [0.1, 0.15) is 0 Å². The summed E-state index contributed by atoms with van der Waals surface area (Å²) in [6.07, 6.45) is 0. The minimum absolute atomic E-state index is 0.0927. The predicted molar refractivity (Wildman–Crippen MR) is 538 cm³/mol. The van der Waals surface area contributed by atoms with Crippen LogP contribution in [-0.4, -0.2) is 29.5 Å². The second-order valence-electron chi connectivity index (χ2n) is 37.5. The summed E-state index contributed by atoms with van der Waals surface area (Å²) in [5, 5.41) is 1.90. The Morgan fingerprint density at radius 3 is 1.05 bits per heavy atom. The van der Waals surface area contributed by atoms with Crippen molar-refractivity contribution in [3.05, 3.63) is 386 Å². The van der Waals surface area contributed by atoms with Crippen molar-refractivity contribution in [3.8, 4) is 50.7 Å². The molecule has 0 saturated carbocycles. The van der Waals surface area contributed by atoms with Crippen LogP contribution in [0.2, 0.25) is 0 Å². The zero-order valence-corrected chi connectivity index (χ0v) is 71.5. The first-order valence-corrected chi connectivity index (χ1v) is 42.7. The van der Waals surface area contributed by atoms with E-state index in [1.54, 1.807) is 18.2 Å². The molecule has 22 aromatic rings. The molecule has 0 spiro atoms. The molecule has 0 unspecified atom stereocenters. The summed E-state index contributed by atoms with van der Waals surface area (Å²) in [7, 11) is 0. The molecule has 24 rings (SSSR count). The molecule has 0 fully saturated rings. The van der Waals surface area contributed by atoms with Gasteiger partial charge in [-0.15, -0.1) is 0 Å². The average molecular weight is 1650 g/mol. The van der Waals surface area contributed by atoms with Crippen LogP contribution in [0.4, 0.5) is 34.1 Å². The van der Waals surface area contributed by atoms with E-state index in [0.29, 0.717) is 78.0 Å². The maximum atomic E-state index is 10.5. The zero-order chi connectivity index (χ0) is 106. The van der Waals surface area contributed by atoms with Crippen LogP contribution in [-0.2, 0) is 21.7 Å². The van der Waals surface area contributed by atoms with E-state index in [1.165, 1.54) is 13.7 Å². The second kappa shape index (κ2) is 27.5. The van der Waals surface area contributed by atoms with Crippen molar-refractivity contribution in [1.82, 2.24) is 22.8 Å². The first-order valence-electron chi connectivity index (χ1n) is 54.7. The summed E-state index contributed by atoms with van der Waals surface area (Å²) >= 11 is 0. The number of hydrogen-bond donors (Lipinski definition) is 0. The van der Waals surface area contributed by atoms with Gasteiger partial charge in [-0.25, -0.2) is 0 Å². The summed E-state index contributed by atoms with van der Waals surface area (Å²) in [6, 6.07) is 58.1. The largest absolute Gasteiger partial charge is 0.310 e. The minimum atomic E-state index is -1.00. The van der Waals surface area contributed by atoms with Crippen molar-refractivity contribution in [1.29, 1.82) is 0 Å². The molecule has 5 aromatic heterocycles. The molecule has 2 aliphatic rings. The predicted octanol–water partition coefficient (Wildman–Crippen LogP) is 29.8. The molecule has 606 valence electrons. The summed E-state index contributed by atoms with van der Waals surface area (Å²) < 4.78 is 243. The molecule has 0 N–H and O–H groups in total. The number of anilines is 6. The van der Waals surface area contributed by atoms with Gasteiger partial charge >= 0.3 is 0 Å². The molecule has 8 heteroatoms. The van der Waals surface area contributed by atoms with Gasteiger partial charge in [-0.3, -0.25) is 0 Å². The Hall–Kier alpha value is -14.6. The maximum Gasteiger partial charge on any atom is 0.252 e. The molecule has 0 atom stereocenters. The Bertz CT molecular complexity index is 9580. The molecule has 0 radical (unpaired) electrons. The van der Waals surface area contributed by atoms with Crippen molar-refractivity contribution in [2.45, 2.75) is 105 Å². The Morgan fingerprint density at radius 1 is 0.230 bits per heavy atom. The van der Waals surface area contributed by atoms with Gasteiger partial charge in [-0.2, -0.15) is 0 Å². The van der Waals surface area contributed by atoms with Gasteiger partial charge < -0.3 is 32.6 Å². The van der Waals surface area contributed by atoms with E-state index < -0.39 is 157 Å². The number of para-hydroxylation sites is 9. The van der Waals surface area contributed by atoms with Crippen LogP contribution in [0.15, 0.2) is 363 Å². The van der Waals surface area contributed by atoms with Gasteiger partial charge in [-0.05, 0) is 205 Å². The van der Waals surface area contributed by atoms with Crippen molar-refractivity contribution in [2.75, 3.05) is 9.80 Å². The summed E-state index contributed by atoms with van der Waals surface area (Å²) in [4.78, 5) is 4.32. The minimum Gasteiger partial charge on any atom is -0.310 e. The molecule has 7 nitrogen and oxygen atoms in total. The van der Waals surface area contributed by atoms with E-state index in [2.05, 4.69) is 196 Å². The highest BCUT2D eigenvalue weighted by molar-refractivity contribution is 7.00. The molecule has 2 aliphatic heterocycles. The standard InChI is InChI=1S/C118H96BN7/c1-115(2,3)75-55-53-74(54-56-75)92-68-78(118(10,11)12)67-91(73-33-15-13-16-34-73)112(92)126-108-70-81(121-103-63-57-76(116(4,5)6)65-93(103)94-66-77(117(7,8)9)58-64-104(94)121)60-62-96(108)119-95-61-59-80(120-97-45-25-19-37-83(97)84-38-20-26-46-98(84)120)69-107(95)125(109-71-82(72-110(126)111(109)119)122-99-47-27-21-39-85(99)86-40-22-28-48-100(86)122)106-52-32-44-90-89-43-31-51-105(113(89)123(114(90)106)79-35-17-14-18-36-79)124-101-49-29-23-41-87(101)88-42-24-30-50-102(88)124/h13-72H,1-12H3/i19D,20D,21D,22D,23D,24D,25D,26D,27D,28D,29D,30D,37D,38D,39D,40D,41D,42D,45D,46D,47D,48D,49D,50D. The quantitative estimate of drug-likeness (QED) is 0.135. The molecule has 0 amide bonds. The molecule has 126 heavy (non-hydrogen) atoms. The lowest BCUT2D eigenvalue weighted by atomic mass is 9.33. The number of fused-ring (bicyclic) bond motifs is 19. The third-order valence-corrected chi connectivity index (χ3v) is 26.0. The van der Waals surface area contributed by atoms with Crippen LogP contribution in [0, 0.1) is 0 Å². The topological polar surface area (TPSA) is 31.1 Å². The SMILES string of the molecule is [2H]c1c([2H])c([2H])c2c(c1[2H])c1c([2H])c([2H])c([2H])c([2H])c1n2-c1ccc2c(c1)N(c1cccc3c4cccc(-n5c6c([2H])c([2H])c([2H])c([2H])c6c6c([2H])c([2H])c([2H])c([2H])c65)c4n(-c4ccccc4)c13)c1cc(-n3c4c([2H])c([2H])c([2H])c([2H])c4c4c([2H])c([2H])c([2H])c([2H])c43)cc3c1B2c1ccc(-n2c4ccc(C(C)(C)C)cc4c4cc(C(C)(C)C)ccc42)cc1N3c1c(-c2ccccc2)cc(C(C)(C)C)cc1-c1ccc(C(C)(C)C)cc1. The summed E-state index contributed by atoms with van der Waals surface area (Å²) in [5.41, 5.74) is 13.5. The number of rotatable bonds is 9.